The lowest BCUT2D eigenvalue weighted by molar-refractivity contribution is 0.714. The van der Waals surface area contributed by atoms with E-state index < -0.39 is 5.56 Å². The zero-order valence-corrected chi connectivity index (χ0v) is 9.21. The lowest BCUT2D eigenvalue weighted by Gasteiger charge is -2.07. The Labute approximate surface area is 97.7 Å². The molecule has 0 aliphatic carbocycles. The van der Waals surface area contributed by atoms with Gasteiger partial charge < -0.3 is 5.73 Å². The standard InChI is InChI=1S/C12H10N4O/c1-16-12(17)10(14)9(7-13)11(15-16)8-5-3-2-4-6-8/h2-6H,14H2,1H3. The van der Waals surface area contributed by atoms with Gasteiger partial charge >= 0.3 is 0 Å². The predicted molar refractivity (Wildman–Crippen MR) is 64.0 cm³/mol. The minimum Gasteiger partial charge on any atom is -0.393 e. The number of nitrogens with two attached hydrogens (primary N) is 1. The molecule has 0 unspecified atom stereocenters. The van der Waals surface area contributed by atoms with Gasteiger partial charge in [-0.1, -0.05) is 30.3 Å². The predicted octanol–water partition coefficient (Wildman–Crippen LogP) is 0.901. The summed E-state index contributed by atoms with van der Waals surface area (Å²) in [5.74, 6) is 0. The summed E-state index contributed by atoms with van der Waals surface area (Å²) in [7, 11) is 1.51. The second-order valence-electron chi connectivity index (χ2n) is 3.54. The molecular weight excluding hydrogens is 216 g/mol. The van der Waals surface area contributed by atoms with Crippen LogP contribution in [0.3, 0.4) is 0 Å². The van der Waals surface area contributed by atoms with E-state index in [1.165, 1.54) is 7.05 Å². The SMILES string of the molecule is Cn1nc(-c2ccccc2)c(C#N)c(N)c1=O. The topological polar surface area (TPSA) is 84.7 Å². The van der Waals surface area contributed by atoms with Gasteiger partial charge in [0.05, 0.1) is 0 Å². The first-order chi connectivity index (χ1) is 8.15. The number of rotatable bonds is 1. The van der Waals surface area contributed by atoms with Crippen LogP contribution in [0, 0.1) is 11.3 Å². The van der Waals surface area contributed by atoms with Crippen LogP contribution in [0.4, 0.5) is 5.69 Å². The molecule has 2 rings (SSSR count). The minimum absolute atomic E-state index is 0.0659. The van der Waals surface area contributed by atoms with Crippen molar-refractivity contribution in [2.45, 2.75) is 0 Å². The molecule has 5 nitrogen and oxygen atoms in total. The van der Waals surface area contributed by atoms with E-state index in [0.29, 0.717) is 5.69 Å². The number of hydrogen-bond acceptors (Lipinski definition) is 4. The third kappa shape index (κ3) is 1.76. The van der Waals surface area contributed by atoms with Gasteiger partial charge in [0.2, 0.25) is 0 Å². The highest BCUT2D eigenvalue weighted by molar-refractivity contribution is 5.72. The molecule has 17 heavy (non-hydrogen) atoms. The van der Waals surface area contributed by atoms with Gasteiger partial charge in [-0.2, -0.15) is 10.4 Å². The van der Waals surface area contributed by atoms with E-state index in [4.69, 9.17) is 11.0 Å². The third-order valence-corrected chi connectivity index (χ3v) is 2.44. The van der Waals surface area contributed by atoms with Crippen LogP contribution in [0.1, 0.15) is 5.56 Å². The van der Waals surface area contributed by atoms with Crippen molar-refractivity contribution in [3.8, 4) is 17.3 Å². The molecule has 2 aromatic rings. The molecule has 0 aliphatic rings. The van der Waals surface area contributed by atoms with Crippen molar-refractivity contribution in [1.82, 2.24) is 9.78 Å². The van der Waals surface area contributed by atoms with E-state index in [9.17, 15) is 4.79 Å². The van der Waals surface area contributed by atoms with Crippen molar-refractivity contribution in [3.05, 3.63) is 46.2 Å². The molecule has 1 heterocycles. The smallest absolute Gasteiger partial charge is 0.291 e. The molecule has 0 bridgehead atoms. The lowest BCUT2D eigenvalue weighted by Crippen LogP contribution is -2.24. The Morgan fingerprint density at radius 3 is 2.59 bits per heavy atom. The van der Waals surface area contributed by atoms with Crippen LogP contribution in [0.25, 0.3) is 11.3 Å². The molecule has 5 heteroatoms. The van der Waals surface area contributed by atoms with Gasteiger partial charge in [-0.05, 0) is 0 Å². The first-order valence-corrected chi connectivity index (χ1v) is 4.97. The number of nitrogens with zero attached hydrogens (tertiary/aromatic N) is 3. The molecule has 2 N–H and O–H groups in total. The van der Waals surface area contributed by atoms with Gasteiger partial charge in [-0.15, -0.1) is 0 Å². The zero-order chi connectivity index (χ0) is 12.4. The van der Waals surface area contributed by atoms with Gasteiger partial charge in [-0.3, -0.25) is 4.79 Å². The van der Waals surface area contributed by atoms with Crippen LogP contribution in [0.15, 0.2) is 35.1 Å². The number of hydrogen-bond donors (Lipinski definition) is 1. The highest BCUT2D eigenvalue weighted by atomic mass is 16.1. The fourth-order valence-electron chi connectivity index (χ4n) is 1.57. The van der Waals surface area contributed by atoms with Crippen LogP contribution >= 0.6 is 0 Å². The van der Waals surface area contributed by atoms with Crippen LogP contribution in [0.5, 0.6) is 0 Å². The molecule has 1 aromatic carbocycles. The quantitative estimate of drug-likeness (QED) is 0.782. The van der Waals surface area contributed by atoms with Crippen LogP contribution in [-0.4, -0.2) is 9.78 Å². The van der Waals surface area contributed by atoms with Crippen LogP contribution in [-0.2, 0) is 7.05 Å². The molecule has 84 valence electrons. The van der Waals surface area contributed by atoms with Gasteiger partial charge in [0, 0.05) is 12.6 Å². The second kappa shape index (κ2) is 4.10. The van der Waals surface area contributed by atoms with E-state index in [1.54, 1.807) is 0 Å². The number of aromatic nitrogens is 2. The average Bonchev–Trinajstić information content (AvgIpc) is 2.36. The molecule has 0 fully saturated rings. The summed E-state index contributed by atoms with van der Waals surface area (Å²) >= 11 is 0. The lowest BCUT2D eigenvalue weighted by atomic mass is 10.1. The normalized spacial score (nSPS) is 9.88. The van der Waals surface area contributed by atoms with Crippen molar-refractivity contribution in [2.24, 2.45) is 7.05 Å². The first kappa shape index (κ1) is 10.9. The summed E-state index contributed by atoms with van der Waals surface area (Å²) in [5, 5.41) is 13.1. The first-order valence-electron chi connectivity index (χ1n) is 4.97. The van der Waals surface area contributed by atoms with Crippen LogP contribution < -0.4 is 11.3 Å². The highest BCUT2D eigenvalue weighted by Crippen LogP contribution is 2.21. The molecule has 0 saturated heterocycles. The number of aryl methyl sites for hydroxylation is 1. The molecule has 0 radical (unpaired) electrons. The van der Waals surface area contributed by atoms with Crippen molar-refractivity contribution < 1.29 is 0 Å². The van der Waals surface area contributed by atoms with Gasteiger partial charge in [0.1, 0.15) is 23.0 Å². The Kier molecular flexibility index (Phi) is 2.63. The summed E-state index contributed by atoms with van der Waals surface area (Å²) in [6.07, 6.45) is 0. The van der Waals surface area contributed by atoms with Crippen molar-refractivity contribution in [1.29, 1.82) is 5.26 Å². The Hall–Kier alpha value is -2.61. The van der Waals surface area contributed by atoms with E-state index in [0.717, 1.165) is 10.2 Å². The van der Waals surface area contributed by atoms with E-state index in [2.05, 4.69) is 5.10 Å². The zero-order valence-electron chi connectivity index (χ0n) is 9.21. The molecular formula is C12H10N4O. The number of nitriles is 1. The maximum Gasteiger partial charge on any atom is 0.291 e. The number of nitrogen functional groups attached to an aromatic ring is 1. The number of anilines is 1. The Morgan fingerprint density at radius 2 is 2.00 bits per heavy atom. The Balaban J connectivity index is 2.80. The van der Waals surface area contributed by atoms with Gasteiger partial charge in [-0.25, -0.2) is 4.68 Å². The average molecular weight is 226 g/mol. The largest absolute Gasteiger partial charge is 0.393 e. The van der Waals surface area contributed by atoms with Gasteiger partial charge in [0.25, 0.3) is 5.56 Å². The van der Waals surface area contributed by atoms with Crippen molar-refractivity contribution in [2.75, 3.05) is 5.73 Å². The van der Waals surface area contributed by atoms with Crippen molar-refractivity contribution >= 4 is 5.69 Å². The van der Waals surface area contributed by atoms with E-state index in [1.807, 2.05) is 36.4 Å². The van der Waals surface area contributed by atoms with Crippen molar-refractivity contribution in [3.63, 3.8) is 0 Å². The maximum atomic E-state index is 11.6. The molecule has 1 aromatic heterocycles. The fourth-order valence-corrected chi connectivity index (χ4v) is 1.57. The maximum absolute atomic E-state index is 11.6. The van der Waals surface area contributed by atoms with E-state index >= 15 is 0 Å². The summed E-state index contributed by atoms with van der Waals surface area (Å²) in [6.45, 7) is 0. The molecule has 0 atom stereocenters. The Bertz CT molecular complexity index is 653. The van der Waals surface area contributed by atoms with Gasteiger partial charge in [0.15, 0.2) is 0 Å². The molecule has 0 aliphatic heterocycles. The molecule has 0 amide bonds. The summed E-state index contributed by atoms with van der Waals surface area (Å²) in [4.78, 5) is 11.6. The summed E-state index contributed by atoms with van der Waals surface area (Å²) in [6, 6.07) is 11.1. The number of benzene rings is 1. The summed E-state index contributed by atoms with van der Waals surface area (Å²) < 4.78 is 1.14. The monoisotopic (exact) mass is 226 g/mol. The summed E-state index contributed by atoms with van der Waals surface area (Å²) in [5.41, 5.74) is 6.42. The highest BCUT2D eigenvalue weighted by Gasteiger charge is 2.14. The molecule has 0 spiro atoms. The minimum atomic E-state index is -0.457. The second-order valence-corrected chi connectivity index (χ2v) is 3.54. The Morgan fingerprint density at radius 1 is 1.35 bits per heavy atom. The fraction of sp³-hybridized carbons (Fsp3) is 0.0833. The molecule has 0 saturated carbocycles. The third-order valence-electron chi connectivity index (χ3n) is 2.44. The van der Waals surface area contributed by atoms with Crippen LogP contribution in [0.2, 0.25) is 0 Å². The van der Waals surface area contributed by atoms with E-state index in [-0.39, 0.29) is 11.3 Å².